The van der Waals surface area contributed by atoms with Crippen LogP contribution >= 0.6 is 11.6 Å². The van der Waals surface area contributed by atoms with Crippen molar-refractivity contribution in [1.29, 1.82) is 0 Å². The van der Waals surface area contributed by atoms with Crippen molar-refractivity contribution in [3.05, 3.63) is 76.8 Å². The molecule has 3 aromatic rings. The van der Waals surface area contributed by atoms with Gasteiger partial charge in [-0.3, -0.25) is 0 Å². The maximum atomic E-state index is 13.4. The van der Waals surface area contributed by atoms with Gasteiger partial charge in [-0.05, 0) is 23.8 Å². The van der Waals surface area contributed by atoms with Crippen LogP contribution in [0, 0.1) is 5.82 Å². The molecule has 1 aliphatic rings. The fourth-order valence-electron chi connectivity index (χ4n) is 3.06. The fourth-order valence-corrected chi connectivity index (χ4v) is 3.30. The van der Waals surface area contributed by atoms with E-state index >= 15 is 0 Å². The Kier molecular flexibility index (Phi) is 4.29. The van der Waals surface area contributed by atoms with Crippen molar-refractivity contribution in [1.82, 2.24) is 14.8 Å². The molecule has 0 bridgehead atoms. The lowest BCUT2D eigenvalue weighted by Crippen LogP contribution is -2.19. The number of ether oxygens (including phenoxy) is 2. The van der Waals surface area contributed by atoms with Crippen LogP contribution in [0.4, 0.5) is 9.18 Å². The number of aromatic nitrogens is 3. The van der Waals surface area contributed by atoms with Gasteiger partial charge in [-0.25, -0.2) is 13.9 Å². The predicted octanol–water partition coefficient (Wildman–Crippen LogP) is 3.79. The second-order valence-corrected chi connectivity index (χ2v) is 6.42. The Bertz CT molecular complexity index is 994. The number of rotatable bonds is 5. The molecular formula is C18H13ClFN3O4. The highest BCUT2D eigenvalue weighted by molar-refractivity contribution is 6.31. The number of halogens is 2. The van der Waals surface area contributed by atoms with Crippen molar-refractivity contribution in [3.63, 3.8) is 0 Å². The zero-order valence-electron chi connectivity index (χ0n) is 13.8. The van der Waals surface area contributed by atoms with E-state index in [1.807, 2.05) is 18.2 Å². The van der Waals surface area contributed by atoms with Crippen molar-refractivity contribution in [2.45, 2.75) is 18.2 Å². The Morgan fingerprint density at radius 3 is 2.74 bits per heavy atom. The first kappa shape index (κ1) is 17.4. The van der Waals surface area contributed by atoms with Gasteiger partial charge < -0.3 is 14.6 Å². The molecule has 0 amide bonds. The minimum atomic E-state index is -1.50. The topological polar surface area (TPSA) is 89.8 Å². The molecule has 2 aromatic carbocycles. The summed E-state index contributed by atoms with van der Waals surface area (Å²) < 4.78 is 25.3. The Morgan fingerprint density at radius 2 is 2.04 bits per heavy atom. The van der Waals surface area contributed by atoms with Gasteiger partial charge in [-0.15, -0.1) is 5.10 Å². The Morgan fingerprint density at radius 1 is 1.30 bits per heavy atom. The highest BCUT2D eigenvalue weighted by Crippen LogP contribution is 2.59. The molecule has 7 nitrogen and oxygen atoms in total. The Hall–Kier alpha value is -2.97. The van der Waals surface area contributed by atoms with Gasteiger partial charge in [0.25, 0.3) is 0 Å². The summed E-state index contributed by atoms with van der Waals surface area (Å²) in [6.07, 6.45) is -0.531. The van der Waals surface area contributed by atoms with Crippen LogP contribution in [-0.4, -0.2) is 26.0 Å². The smallest absolute Gasteiger partial charge is 0.449 e. The molecule has 1 aliphatic heterocycles. The molecule has 1 saturated heterocycles. The Labute approximate surface area is 157 Å². The van der Waals surface area contributed by atoms with Gasteiger partial charge in [0.15, 0.2) is 0 Å². The highest BCUT2D eigenvalue weighted by Gasteiger charge is 2.59. The van der Waals surface area contributed by atoms with Gasteiger partial charge >= 0.3 is 12.2 Å². The highest BCUT2D eigenvalue weighted by atomic mass is 35.5. The number of hydrogen-bond acceptors (Lipinski definition) is 5. The van der Waals surface area contributed by atoms with E-state index in [0.29, 0.717) is 5.02 Å². The lowest BCUT2D eigenvalue weighted by Gasteiger charge is -2.14. The lowest BCUT2D eigenvalue weighted by molar-refractivity contribution is 0.140. The predicted molar refractivity (Wildman–Crippen MR) is 92.0 cm³/mol. The van der Waals surface area contributed by atoms with Crippen LogP contribution in [0.15, 0.2) is 54.9 Å². The zero-order chi connectivity index (χ0) is 19.0. The second-order valence-electron chi connectivity index (χ2n) is 6.01. The summed E-state index contributed by atoms with van der Waals surface area (Å²) in [4.78, 5) is 14.4. The fraction of sp³-hybridized carbons (Fsp3) is 0.167. The molecule has 1 aromatic heterocycles. The molecule has 1 fully saturated rings. The van der Waals surface area contributed by atoms with Crippen LogP contribution in [0.5, 0.6) is 6.01 Å². The van der Waals surface area contributed by atoms with Gasteiger partial charge in [0.05, 0.1) is 6.54 Å². The van der Waals surface area contributed by atoms with E-state index in [1.165, 1.54) is 23.1 Å². The van der Waals surface area contributed by atoms with Crippen molar-refractivity contribution < 1.29 is 23.8 Å². The van der Waals surface area contributed by atoms with Crippen LogP contribution in [0.1, 0.15) is 17.2 Å². The molecule has 1 N–H and O–H groups in total. The molecule has 0 saturated carbocycles. The quantitative estimate of drug-likeness (QED) is 0.527. The monoisotopic (exact) mass is 389 g/mol. The first-order valence-corrected chi connectivity index (χ1v) is 8.34. The zero-order valence-corrected chi connectivity index (χ0v) is 14.5. The minimum Gasteiger partial charge on any atom is -0.449 e. The third-order valence-electron chi connectivity index (χ3n) is 4.31. The molecule has 2 unspecified atom stereocenters. The molecule has 0 spiro atoms. The van der Waals surface area contributed by atoms with Crippen LogP contribution in [-0.2, 0) is 16.9 Å². The average molecular weight is 390 g/mol. The van der Waals surface area contributed by atoms with E-state index in [2.05, 4.69) is 14.8 Å². The van der Waals surface area contributed by atoms with E-state index in [-0.39, 0.29) is 24.5 Å². The average Bonchev–Trinajstić information content (AvgIpc) is 3.18. The lowest BCUT2D eigenvalue weighted by atomic mass is 9.91. The maximum Gasteiger partial charge on any atom is 0.513 e. The molecule has 138 valence electrons. The van der Waals surface area contributed by atoms with Gasteiger partial charge in [0.2, 0.25) is 0 Å². The summed E-state index contributed by atoms with van der Waals surface area (Å²) >= 11 is 6.30. The van der Waals surface area contributed by atoms with Crippen molar-refractivity contribution in [3.8, 4) is 6.01 Å². The molecule has 4 rings (SSSR count). The summed E-state index contributed by atoms with van der Waals surface area (Å²) in [6, 6.07) is 13.0. The Balaban J connectivity index is 1.68. The van der Waals surface area contributed by atoms with E-state index in [1.54, 1.807) is 18.2 Å². The number of hydrogen-bond donors (Lipinski definition) is 1. The van der Waals surface area contributed by atoms with E-state index < -0.39 is 11.8 Å². The summed E-state index contributed by atoms with van der Waals surface area (Å²) in [6.45, 7) is 0.213. The van der Waals surface area contributed by atoms with Gasteiger partial charge in [-0.1, -0.05) is 41.9 Å². The largest absolute Gasteiger partial charge is 0.513 e. The minimum absolute atomic E-state index is 0.213. The first-order chi connectivity index (χ1) is 13.0. The SMILES string of the molecule is O=C(O)Oc1ncn(CC2(c3ccc(F)cc3)OC2c2ccccc2Cl)n1. The van der Waals surface area contributed by atoms with Crippen molar-refractivity contribution in [2.24, 2.45) is 0 Å². The molecule has 9 heteroatoms. The van der Waals surface area contributed by atoms with Crippen LogP contribution < -0.4 is 4.74 Å². The molecular weight excluding hydrogens is 377 g/mol. The van der Waals surface area contributed by atoms with Gasteiger partial charge in [0.1, 0.15) is 23.8 Å². The number of nitrogens with zero attached hydrogens (tertiary/aromatic N) is 3. The van der Waals surface area contributed by atoms with Gasteiger partial charge in [0, 0.05) is 10.6 Å². The molecule has 0 radical (unpaired) electrons. The molecule has 0 aliphatic carbocycles. The molecule has 2 atom stereocenters. The van der Waals surface area contributed by atoms with Crippen molar-refractivity contribution >= 4 is 17.8 Å². The maximum absolute atomic E-state index is 13.4. The third kappa shape index (κ3) is 3.36. The number of carbonyl (C=O) groups is 1. The number of epoxide rings is 1. The summed E-state index contributed by atoms with van der Waals surface area (Å²) in [5.41, 5.74) is 0.697. The summed E-state index contributed by atoms with van der Waals surface area (Å²) in [5, 5.41) is 13.2. The van der Waals surface area contributed by atoms with E-state index in [9.17, 15) is 9.18 Å². The van der Waals surface area contributed by atoms with Crippen LogP contribution in [0.25, 0.3) is 0 Å². The van der Waals surface area contributed by atoms with Crippen LogP contribution in [0.3, 0.4) is 0 Å². The van der Waals surface area contributed by atoms with E-state index in [0.717, 1.165) is 11.1 Å². The first-order valence-electron chi connectivity index (χ1n) is 7.96. The summed E-state index contributed by atoms with van der Waals surface area (Å²) in [7, 11) is 0. The molecule has 27 heavy (non-hydrogen) atoms. The van der Waals surface area contributed by atoms with Gasteiger partial charge in [-0.2, -0.15) is 4.98 Å². The van der Waals surface area contributed by atoms with Crippen LogP contribution in [0.2, 0.25) is 5.02 Å². The molecule has 2 heterocycles. The standard InChI is InChI=1S/C18H13ClFN3O4/c19-14-4-2-1-3-13(14)15-18(27-15,11-5-7-12(20)8-6-11)9-23-10-21-16(22-23)26-17(24)25/h1-8,10,15H,9H2,(H,24,25). The third-order valence-corrected chi connectivity index (χ3v) is 4.65. The normalized spacial score (nSPS) is 21.0. The second kappa shape index (κ2) is 6.64. The number of benzene rings is 2. The summed E-state index contributed by atoms with van der Waals surface area (Å²) in [5.74, 6) is -0.359. The van der Waals surface area contributed by atoms with Crippen molar-refractivity contribution in [2.75, 3.05) is 0 Å². The van der Waals surface area contributed by atoms with E-state index in [4.69, 9.17) is 21.4 Å². The number of carboxylic acid groups (broad SMARTS) is 1.